The lowest BCUT2D eigenvalue weighted by atomic mass is 10.2. The molecule has 1 rings (SSSR count). The van der Waals surface area contributed by atoms with Gasteiger partial charge in [-0.2, -0.15) is 0 Å². The van der Waals surface area contributed by atoms with Crippen molar-refractivity contribution in [2.75, 3.05) is 6.61 Å². The van der Waals surface area contributed by atoms with Crippen LogP contribution in [0.2, 0.25) is 0 Å². The molecule has 1 N–H and O–H groups in total. The van der Waals surface area contributed by atoms with Gasteiger partial charge in [0.1, 0.15) is 6.17 Å². The molecule has 1 nitrogen and oxygen atoms in total. The van der Waals surface area contributed by atoms with Gasteiger partial charge in [-0.1, -0.05) is 6.92 Å². The summed E-state index contributed by atoms with van der Waals surface area (Å²) in [6, 6.07) is 0. The molecule has 0 amide bonds. The smallest absolute Gasteiger partial charge is 0.126 e. The summed E-state index contributed by atoms with van der Waals surface area (Å²) in [5.74, 6) is 0. The van der Waals surface area contributed by atoms with Crippen molar-refractivity contribution in [3.8, 4) is 0 Å². The third-order valence-corrected chi connectivity index (χ3v) is 2.82. The quantitative estimate of drug-likeness (QED) is 0.576. The standard InChI is InChI=1S/C5H9FOS/c1-3-5(6)4(2-7)8-3/h3-5,7H,2H2,1H3. The SMILES string of the molecule is CC1SC(CO)C1F. The lowest BCUT2D eigenvalue weighted by molar-refractivity contribution is 0.211. The van der Waals surface area contributed by atoms with E-state index < -0.39 is 6.17 Å². The highest BCUT2D eigenvalue weighted by atomic mass is 32.2. The first-order chi connectivity index (χ1) is 3.75. The van der Waals surface area contributed by atoms with E-state index in [2.05, 4.69) is 0 Å². The third kappa shape index (κ3) is 0.845. The molecule has 3 unspecified atom stereocenters. The first-order valence-corrected chi connectivity index (χ1v) is 3.60. The lowest BCUT2D eigenvalue weighted by Crippen LogP contribution is -2.42. The van der Waals surface area contributed by atoms with Crippen molar-refractivity contribution < 1.29 is 9.50 Å². The third-order valence-electron chi connectivity index (χ3n) is 1.37. The Hall–Kier alpha value is 0.240. The first-order valence-electron chi connectivity index (χ1n) is 2.66. The second kappa shape index (κ2) is 2.23. The van der Waals surface area contributed by atoms with E-state index in [0.717, 1.165) is 0 Å². The second-order valence-corrected chi connectivity index (χ2v) is 3.63. The van der Waals surface area contributed by atoms with Crippen LogP contribution in [0.3, 0.4) is 0 Å². The van der Waals surface area contributed by atoms with Gasteiger partial charge in [0.2, 0.25) is 0 Å². The van der Waals surface area contributed by atoms with E-state index >= 15 is 0 Å². The Bertz CT molecular complexity index is 88.5. The van der Waals surface area contributed by atoms with Crippen LogP contribution in [-0.2, 0) is 0 Å². The van der Waals surface area contributed by atoms with Crippen molar-refractivity contribution in [1.29, 1.82) is 0 Å². The Morgan fingerprint density at radius 1 is 1.75 bits per heavy atom. The zero-order valence-electron chi connectivity index (χ0n) is 4.67. The lowest BCUT2D eigenvalue weighted by Gasteiger charge is -2.34. The minimum atomic E-state index is -0.773. The van der Waals surface area contributed by atoms with E-state index in [1.54, 1.807) is 0 Å². The van der Waals surface area contributed by atoms with Crippen LogP contribution in [-0.4, -0.2) is 28.4 Å². The van der Waals surface area contributed by atoms with E-state index in [0.29, 0.717) is 0 Å². The summed E-state index contributed by atoms with van der Waals surface area (Å²) >= 11 is 1.51. The zero-order valence-corrected chi connectivity index (χ0v) is 5.49. The number of hydrogen-bond donors (Lipinski definition) is 1. The highest BCUT2D eigenvalue weighted by Gasteiger charge is 2.38. The van der Waals surface area contributed by atoms with Crippen LogP contribution >= 0.6 is 11.8 Å². The molecule has 0 aromatic heterocycles. The molecule has 3 heteroatoms. The average molecular weight is 136 g/mol. The van der Waals surface area contributed by atoms with Crippen LogP contribution in [0.4, 0.5) is 4.39 Å². The number of thioether (sulfide) groups is 1. The molecule has 0 radical (unpaired) electrons. The van der Waals surface area contributed by atoms with Gasteiger partial charge in [0.15, 0.2) is 0 Å². The molecule has 0 saturated carbocycles. The molecule has 48 valence electrons. The van der Waals surface area contributed by atoms with Crippen LogP contribution in [0.25, 0.3) is 0 Å². The number of rotatable bonds is 1. The number of aliphatic hydroxyl groups excluding tert-OH is 1. The Morgan fingerprint density at radius 3 is 2.50 bits per heavy atom. The normalized spacial score (nSPS) is 46.1. The topological polar surface area (TPSA) is 20.2 Å². The average Bonchev–Trinajstić information content (AvgIpc) is 1.81. The molecule has 0 spiro atoms. The molecular weight excluding hydrogens is 127 g/mol. The van der Waals surface area contributed by atoms with Gasteiger partial charge >= 0.3 is 0 Å². The summed E-state index contributed by atoms with van der Waals surface area (Å²) in [6.45, 7) is 1.82. The van der Waals surface area contributed by atoms with Gasteiger partial charge in [0.25, 0.3) is 0 Å². The predicted octanol–water partition coefficient (Wildman–Crippen LogP) is 0.821. The molecular formula is C5H9FOS. The van der Waals surface area contributed by atoms with E-state index in [1.807, 2.05) is 6.92 Å². The first kappa shape index (κ1) is 6.36. The van der Waals surface area contributed by atoms with Crippen LogP contribution in [0.5, 0.6) is 0 Å². The van der Waals surface area contributed by atoms with Crippen LogP contribution < -0.4 is 0 Å². The van der Waals surface area contributed by atoms with Gasteiger partial charge in [-0.25, -0.2) is 4.39 Å². The molecule has 8 heavy (non-hydrogen) atoms. The monoisotopic (exact) mass is 136 g/mol. The maximum atomic E-state index is 12.4. The molecule has 1 saturated heterocycles. The fourth-order valence-corrected chi connectivity index (χ4v) is 1.87. The van der Waals surface area contributed by atoms with Crippen molar-refractivity contribution in [3.63, 3.8) is 0 Å². The predicted molar refractivity (Wildman–Crippen MR) is 32.8 cm³/mol. The summed E-state index contributed by atoms with van der Waals surface area (Å²) < 4.78 is 12.4. The van der Waals surface area contributed by atoms with Crippen molar-refractivity contribution in [3.05, 3.63) is 0 Å². The van der Waals surface area contributed by atoms with Crippen LogP contribution in [0.1, 0.15) is 6.92 Å². The van der Waals surface area contributed by atoms with E-state index in [9.17, 15) is 4.39 Å². The van der Waals surface area contributed by atoms with E-state index in [4.69, 9.17) is 5.11 Å². The number of hydrogen-bond acceptors (Lipinski definition) is 2. The summed E-state index contributed by atoms with van der Waals surface area (Å²) in [6.07, 6.45) is -0.773. The molecule has 0 aliphatic carbocycles. The fourth-order valence-electron chi connectivity index (χ4n) is 0.782. The van der Waals surface area contributed by atoms with Crippen molar-refractivity contribution >= 4 is 11.8 Å². The van der Waals surface area contributed by atoms with Gasteiger partial charge in [0, 0.05) is 5.25 Å². The van der Waals surface area contributed by atoms with Gasteiger partial charge in [-0.05, 0) is 0 Å². The Labute approximate surface area is 52.3 Å². The summed E-state index contributed by atoms with van der Waals surface area (Å²) in [7, 11) is 0. The minimum absolute atomic E-state index is 0.0177. The van der Waals surface area contributed by atoms with Crippen molar-refractivity contribution in [2.45, 2.75) is 23.6 Å². The maximum Gasteiger partial charge on any atom is 0.126 e. The number of alkyl halides is 1. The Kier molecular flexibility index (Phi) is 1.77. The highest BCUT2D eigenvalue weighted by molar-refractivity contribution is 8.02. The molecule has 1 fully saturated rings. The van der Waals surface area contributed by atoms with Gasteiger partial charge in [-0.3, -0.25) is 0 Å². The molecule has 0 aromatic carbocycles. The minimum Gasteiger partial charge on any atom is -0.395 e. The van der Waals surface area contributed by atoms with Crippen molar-refractivity contribution in [2.24, 2.45) is 0 Å². The molecule has 1 aliphatic rings. The van der Waals surface area contributed by atoms with Gasteiger partial charge in [-0.15, -0.1) is 11.8 Å². The molecule has 0 bridgehead atoms. The Balaban J connectivity index is 2.25. The van der Waals surface area contributed by atoms with Crippen LogP contribution in [0.15, 0.2) is 0 Å². The second-order valence-electron chi connectivity index (χ2n) is 2.01. The molecule has 1 aliphatic heterocycles. The van der Waals surface area contributed by atoms with E-state index in [-0.39, 0.29) is 17.1 Å². The molecule has 1 heterocycles. The summed E-state index contributed by atoms with van der Waals surface area (Å²) in [5, 5.41) is 8.38. The largest absolute Gasteiger partial charge is 0.395 e. The fraction of sp³-hybridized carbons (Fsp3) is 1.00. The summed E-state index contributed by atoms with van der Waals surface area (Å²) in [4.78, 5) is 0. The van der Waals surface area contributed by atoms with Crippen molar-refractivity contribution in [1.82, 2.24) is 0 Å². The molecule has 0 aromatic rings. The zero-order chi connectivity index (χ0) is 6.15. The van der Waals surface area contributed by atoms with Gasteiger partial charge in [0.05, 0.1) is 11.9 Å². The highest BCUT2D eigenvalue weighted by Crippen LogP contribution is 2.38. The van der Waals surface area contributed by atoms with Gasteiger partial charge < -0.3 is 5.11 Å². The summed E-state index contributed by atoms with van der Waals surface area (Å²) in [5.41, 5.74) is 0. The maximum absolute atomic E-state index is 12.4. The Morgan fingerprint density at radius 2 is 2.38 bits per heavy atom. The van der Waals surface area contributed by atoms with Crippen LogP contribution in [0, 0.1) is 0 Å². The number of aliphatic hydroxyl groups is 1. The molecule has 3 atom stereocenters. The van der Waals surface area contributed by atoms with E-state index in [1.165, 1.54) is 11.8 Å². The number of halogens is 1.